The zero-order chi connectivity index (χ0) is 17.3. The zero-order valence-corrected chi connectivity index (χ0v) is 12.1. The number of alkyl halides is 3. The molecule has 2 rings (SSSR count). The van der Waals surface area contributed by atoms with Crippen molar-refractivity contribution in [1.29, 1.82) is 0 Å². The maximum absolute atomic E-state index is 12.5. The lowest BCUT2D eigenvalue weighted by atomic mass is 10.2. The second kappa shape index (κ2) is 5.92. The molecule has 0 amide bonds. The average Bonchev–Trinajstić information content (AvgIpc) is 2.46. The number of aromatic carboxylic acids is 1. The molecule has 0 radical (unpaired) electrons. The topological polar surface area (TPSA) is 83.5 Å². The summed E-state index contributed by atoms with van der Waals surface area (Å²) in [5.74, 6) is -1.34. The minimum atomic E-state index is -4.58. The summed E-state index contributed by atoms with van der Waals surface area (Å²) in [6.07, 6.45) is -4.58. The smallest absolute Gasteiger partial charge is 0.416 e. The quantitative estimate of drug-likeness (QED) is 0.891. The van der Waals surface area contributed by atoms with Crippen LogP contribution >= 0.6 is 0 Å². The van der Waals surface area contributed by atoms with Gasteiger partial charge in [-0.25, -0.2) is 13.2 Å². The maximum atomic E-state index is 12.5. The predicted octanol–water partition coefficient (Wildman–Crippen LogP) is 3.20. The van der Waals surface area contributed by atoms with Gasteiger partial charge in [-0.2, -0.15) is 13.2 Å². The van der Waals surface area contributed by atoms with Crippen molar-refractivity contribution in [2.24, 2.45) is 0 Å². The summed E-state index contributed by atoms with van der Waals surface area (Å²) in [5, 5.41) is 9.00. The van der Waals surface area contributed by atoms with Crippen LogP contribution in [0.2, 0.25) is 0 Å². The van der Waals surface area contributed by atoms with Crippen molar-refractivity contribution >= 4 is 21.7 Å². The number of halogens is 3. The van der Waals surface area contributed by atoms with Crippen LogP contribution in [0, 0.1) is 0 Å². The number of benzene rings is 2. The number of rotatable bonds is 4. The molecule has 5 nitrogen and oxygen atoms in total. The number of carboxylic acid groups (broad SMARTS) is 1. The normalized spacial score (nSPS) is 12.0. The Morgan fingerprint density at radius 3 is 2.09 bits per heavy atom. The number of anilines is 1. The molecule has 23 heavy (non-hydrogen) atoms. The molecule has 2 aromatic rings. The molecule has 0 bridgehead atoms. The highest BCUT2D eigenvalue weighted by molar-refractivity contribution is 7.92. The minimum Gasteiger partial charge on any atom is -0.478 e. The molecule has 0 unspecified atom stereocenters. The number of carbonyl (C=O) groups is 1. The molecule has 0 spiro atoms. The molecule has 122 valence electrons. The number of para-hydroxylation sites is 1. The second-order valence-corrected chi connectivity index (χ2v) is 6.16. The highest BCUT2D eigenvalue weighted by Crippen LogP contribution is 2.30. The highest BCUT2D eigenvalue weighted by atomic mass is 32.2. The first-order chi connectivity index (χ1) is 10.6. The van der Waals surface area contributed by atoms with Crippen LogP contribution in [0.4, 0.5) is 18.9 Å². The van der Waals surface area contributed by atoms with Crippen molar-refractivity contribution in [3.63, 3.8) is 0 Å². The number of nitrogens with one attached hydrogen (secondary N) is 1. The van der Waals surface area contributed by atoms with E-state index in [9.17, 15) is 26.4 Å². The van der Waals surface area contributed by atoms with E-state index in [2.05, 4.69) is 4.72 Å². The summed E-state index contributed by atoms with van der Waals surface area (Å²) in [6, 6.07) is 8.16. The van der Waals surface area contributed by atoms with Gasteiger partial charge >= 0.3 is 12.1 Å². The van der Waals surface area contributed by atoms with Crippen LogP contribution in [-0.4, -0.2) is 19.5 Å². The summed E-state index contributed by atoms with van der Waals surface area (Å²) in [4.78, 5) is 10.6. The van der Waals surface area contributed by atoms with Crippen LogP contribution < -0.4 is 4.72 Å². The molecule has 2 N–H and O–H groups in total. The van der Waals surface area contributed by atoms with Crippen LogP contribution in [0.1, 0.15) is 15.9 Å². The van der Waals surface area contributed by atoms with E-state index in [4.69, 9.17) is 5.11 Å². The van der Waals surface area contributed by atoms with Gasteiger partial charge in [0.15, 0.2) is 0 Å². The number of hydrogen-bond acceptors (Lipinski definition) is 3. The van der Waals surface area contributed by atoms with Crippen molar-refractivity contribution in [3.8, 4) is 0 Å². The van der Waals surface area contributed by atoms with Crippen LogP contribution in [0.15, 0.2) is 53.4 Å². The van der Waals surface area contributed by atoms with E-state index in [0.717, 1.165) is 12.1 Å². The fourth-order valence-electron chi connectivity index (χ4n) is 1.79. The van der Waals surface area contributed by atoms with E-state index in [1.54, 1.807) is 0 Å². The Bertz CT molecular complexity index is 830. The Kier molecular flexibility index (Phi) is 4.33. The Morgan fingerprint density at radius 2 is 1.57 bits per heavy atom. The number of hydrogen-bond donors (Lipinski definition) is 2. The molecule has 0 saturated heterocycles. The van der Waals surface area contributed by atoms with E-state index in [-0.39, 0.29) is 11.3 Å². The largest absolute Gasteiger partial charge is 0.478 e. The molecule has 2 aromatic carbocycles. The van der Waals surface area contributed by atoms with E-state index in [1.807, 2.05) is 0 Å². The van der Waals surface area contributed by atoms with Gasteiger partial charge in [0.2, 0.25) is 0 Å². The Morgan fingerprint density at radius 1 is 1.00 bits per heavy atom. The summed E-state index contributed by atoms with van der Waals surface area (Å²) in [5.41, 5.74) is -1.44. The SMILES string of the molecule is O=C(O)c1ccccc1NS(=O)(=O)c1ccc(C(F)(F)F)cc1. The zero-order valence-electron chi connectivity index (χ0n) is 11.3. The molecule has 0 fully saturated rings. The summed E-state index contributed by atoms with van der Waals surface area (Å²) in [6.45, 7) is 0. The van der Waals surface area contributed by atoms with E-state index in [1.165, 1.54) is 24.3 Å². The molecule has 9 heteroatoms. The standard InChI is InChI=1S/C14H10F3NO4S/c15-14(16,17)9-5-7-10(8-6-9)23(21,22)18-12-4-2-1-3-11(12)13(19)20/h1-8,18H,(H,19,20). The summed E-state index contributed by atoms with van der Waals surface area (Å²) >= 11 is 0. The first kappa shape index (κ1) is 16.8. The fraction of sp³-hybridized carbons (Fsp3) is 0.0714. The van der Waals surface area contributed by atoms with Gasteiger partial charge in [-0.05, 0) is 36.4 Å². The molecule has 0 atom stereocenters. The second-order valence-electron chi connectivity index (χ2n) is 4.48. The van der Waals surface area contributed by atoms with Crippen LogP contribution in [0.25, 0.3) is 0 Å². The molecule has 0 saturated carbocycles. The summed E-state index contributed by atoms with van der Waals surface area (Å²) < 4.78 is 63.8. The van der Waals surface area contributed by atoms with Crippen molar-refractivity contribution in [3.05, 3.63) is 59.7 Å². The third kappa shape index (κ3) is 3.81. The first-order valence-corrected chi connectivity index (χ1v) is 7.62. The lowest BCUT2D eigenvalue weighted by Gasteiger charge is -2.11. The molecule has 0 aromatic heterocycles. The Balaban J connectivity index is 2.35. The van der Waals surface area contributed by atoms with Crippen molar-refractivity contribution in [2.75, 3.05) is 4.72 Å². The third-order valence-electron chi connectivity index (χ3n) is 2.89. The van der Waals surface area contributed by atoms with Gasteiger partial charge in [0, 0.05) is 0 Å². The lowest BCUT2D eigenvalue weighted by Crippen LogP contribution is -2.16. The number of carboxylic acids is 1. The molecular formula is C14H10F3NO4S. The average molecular weight is 345 g/mol. The maximum Gasteiger partial charge on any atom is 0.416 e. The van der Waals surface area contributed by atoms with Gasteiger partial charge in [-0.3, -0.25) is 4.72 Å². The van der Waals surface area contributed by atoms with Crippen LogP contribution in [0.3, 0.4) is 0 Å². The van der Waals surface area contributed by atoms with E-state index < -0.39 is 32.6 Å². The van der Waals surface area contributed by atoms with Gasteiger partial charge in [-0.15, -0.1) is 0 Å². The minimum absolute atomic E-state index is 0.181. The molecule has 0 aliphatic heterocycles. The van der Waals surface area contributed by atoms with E-state index >= 15 is 0 Å². The monoisotopic (exact) mass is 345 g/mol. The summed E-state index contributed by atoms with van der Waals surface area (Å²) in [7, 11) is -4.21. The van der Waals surface area contributed by atoms with Gasteiger partial charge < -0.3 is 5.11 Å². The Labute approximate surface area is 129 Å². The van der Waals surface area contributed by atoms with Gasteiger partial charge in [0.1, 0.15) is 0 Å². The highest BCUT2D eigenvalue weighted by Gasteiger charge is 2.30. The van der Waals surface area contributed by atoms with Crippen LogP contribution in [-0.2, 0) is 16.2 Å². The first-order valence-electron chi connectivity index (χ1n) is 6.13. The third-order valence-corrected chi connectivity index (χ3v) is 4.28. The molecular weight excluding hydrogens is 335 g/mol. The number of sulfonamides is 1. The Hall–Kier alpha value is -2.55. The molecule has 0 aliphatic rings. The van der Waals surface area contributed by atoms with Crippen LogP contribution in [0.5, 0.6) is 0 Å². The van der Waals surface area contributed by atoms with E-state index in [0.29, 0.717) is 12.1 Å². The van der Waals surface area contributed by atoms with Gasteiger partial charge in [0.05, 0.1) is 21.7 Å². The van der Waals surface area contributed by atoms with Gasteiger partial charge in [-0.1, -0.05) is 12.1 Å². The fourth-order valence-corrected chi connectivity index (χ4v) is 2.87. The van der Waals surface area contributed by atoms with Crippen molar-refractivity contribution in [1.82, 2.24) is 0 Å². The van der Waals surface area contributed by atoms with Crippen molar-refractivity contribution < 1.29 is 31.5 Å². The molecule has 0 heterocycles. The molecule has 0 aliphatic carbocycles. The predicted molar refractivity (Wildman–Crippen MR) is 75.7 cm³/mol. The lowest BCUT2D eigenvalue weighted by molar-refractivity contribution is -0.137. The van der Waals surface area contributed by atoms with Crippen molar-refractivity contribution in [2.45, 2.75) is 11.1 Å². The van der Waals surface area contributed by atoms with Gasteiger partial charge in [0.25, 0.3) is 10.0 Å².